The highest BCUT2D eigenvalue weighted by Crippen LogP contribution is 2.36. The van der Waals surface area contributed by atoms with Crippen LogP contribution in [-0.2, 0) is 14.8 Å². The quantitative estimate of drug-likeness (QED) is 0.823. The van der Waals surface area contributed by atoms with Gasteiger partial charge < -0.3 is 9.84 Å². The molecule has 1 aromatic rings. The normalized spacial score (nSPS) is 18.3. The van der Waals surface area contributed by atoms with Crippen LogP contribution >= 0.6 is 11.3 Å². The summed E-state index contributed by atoms with van der Waals surface area (Å²) in [4.78, 5) is 11.8. The maximum absolute atomic E-state index is 12.6. The summed E-state index contributed by atoms with van der Waals surface area (Å²) in [5.74, 6) is -0.656. The van der Waals surface area contributed by atoms with Gasteiger partial charge in [-0.15, -0.1) is 11.3 Å². The second-order valence-corrected chi connectivity index (χ2v) is 8.07. The Balaban J connectivity index is 2.30. The van der Waals surface area contributed by atoms with Gasteiger partial charge in [0.05, 0.1) is 12.7 Å². The molecule has 0 atom stereocenters. The van der Waals surface area contributed by atoms with Crippen molar-refractivity contribution in [3.63, 3.8) is 0 Å². The Morgan fingerprint density at radius 2 is 2.14 bits per heavy atom. The summed E-state index contributed by atoms with van der Waals surface area (Å²) >= 11 is 1.05. The van der Waals surface area contributed by atoms with E-state index in [4.69, 9.17) is 0 Å². The van der Waals surface area contributed by atoms with Gasteiger partial charge in [-0.25, -0.2) is 13.2 Å². The lowest BCUT2D eigenvalue weighted by atomic mass is 9.92. The summed E-state index contributed by atoms with van der Waals surface area (Å²) in [6.07, 6.45) is 1.35. The van der Waals surface area contributed by atoms with E-state index < -0.39 is 21.6 Å². The van der Waals surface area contributed by atoms with Gasteiger partial charge in [0, 0.05) is 13.1 Å². The van der Waals surface area contributed by atoms with Gasteiger partial charge in [-0.3, -0.25) is 0 Å². The number of nitrogens with zero attached hydrogens (tertiary/aromatic N) is 1. The zero-order valence-electron chi connectivity index (χ0n) is 12.2. The van der Waals surface area contributed by atoms with Crippen molar-refractivity contribution in [1.82, 2.24) is 4.31 Å². The Labute approximate surface area is 128 Å². The lowest BCUT2D eigenvalue weighted by Crippen LogP contribution is -2.63. The molecule has 0 spiro atoms. The molecule has 21 heavy (non-hydrogen) atoms. The number of rotatable bonds is 5. The second-order valence-electron chi connectivity index (χ2n) is 5.32. The molecule has 0 aromatic carbocycles. The molecule has 0 aliphatic carbocycles. The fraction of sp³-hybridized carbons (Fsp3) is 0.615. The highest BCUT2D eigenvalue weighted by atomic mass is 32.2. The predicted molar refractivity (Wildman–Crippen MR) is 79.0 cm³/mol. The summed E-state index contributed by atoms with van der Waals surface area (Å²) in [5.41, 5.74) is -0.427. The molecule has 1 saturated heterocycles. The highest BCUT2D eigenvalue weighted by Gasteiger charge is 2.48. The molecule has 1 N–H and O–H groups in total. The van der Waals surface area contributed by atoms with Gasteiger partial charge in [-0.05, 0) is 24.3 Å². The third kappa shape index (κ3) is 2.85. The molecule has 0 bridgehead atoms. The molecular weight excluding hydrogens is 314 g/mol. The van der Waals surface area contributed by atoms with Crippen molar-refractivity contribution < 1.29 is 23.1 Å². The van der Waals surface area contributed by atoms with Crippen molar-refractivity contribution in [2.24, 2.45) is 0 Å². The second kappa shape index (κ2) is 5.68. The van der Waals surface area contributed by atoms with Crippen LogP contribution in [0.25, 0.3) is 0 Å². The maximum Gasteiger partial charge on any atom is 0.349 e. The first-order valence-electron chi connectivity index (χ1n) is 6.64. The van der Waals surface area contributed by atoms with Crippen molar-refractivity contribution in [3.05, 3.63) is 15.8 Å². The van der Waals surface area contributed by atoms with Crippen molar-refractivity contribution >= 4 is 27.3 Å². The van der Waals surface area contributed by atoms with Crippen molar-refractivity contribution in [2.75, 3.05) is 20.2 Å². The number of β-amino-alcohol motifs (C(OH)–C–C–N with tert-alkyl or cyclic N) is 1. The van der Waals surface area contributed by atoms with E-state index in [1.807, 2.05) is 6.92 Å². The van der Waals surface area contributed by atoms with E-state index in [0.717, 1.165) is 17.8 Å². The number of aliphatic hydroxyl groups is 1. The zero-order chi connectivity index (χ0) is 15.8. The Morgan fingerprint density at radius 3 is 2.67 bits per heavy atom. The molecule has 0 saturated carbocycles. The molecular formula is C13H19NO5S2. The van der Waals surface area contributed by atoms with Crippen molar-refractivity contribution in [3.8, 4) is 0 Å². The zero-order valence-corrected chi connectivity index (χ0v) is 13.9. The van der Waals surface area contributed by atoms with Crippen LogP contribution in [0.2, 0.25) is 0 Å². The summed E-state index contributed by atoms with van der Waals surface area (Å²) in [7, 11) is -2.56. The van der Waals surface area contributed by atoms with Gasteiger partial charge in [0.2, 0.25) is 10.0 Å². The molecule has 1 aliphatic rings. The minimum Gasteiger partial charge on any atom is -0.465 e. The van der Waals surface area contributed by atoms with E-state index in [2.05, 4.69) is 4.74 Å². The van der Waals surface area contributed by atoms with Crippen molar-refractivity contribution in [2.45, 2.75) is 37.2 Å². The van der Waals surface area contributed by atoms with Gasteiger partial charge in [-0.1, -0.05) is 13.3 Å². The van der Waals surface area contributed by atoms with Crippen LogP contribution in [0.15, 0.2) is 10.3 Å². The maximum atomic E-state index is 12.6. The third-order valence-electron chi connectivity index (χ3n) is 3.54. The third-order valence-corrected chi connectivity index (χ3v) is 6.73. The minimum absolute atomic E-state index is 0.00195. The van der Waals surface area contributed by atoms with Crippen LogP contribution in [0.1, 0.15) is 35.0 Å². The monoisotopic (exact) mass is 333 g/mol. The number of hydrogen-bond acceptors (Lipinski definition) is 6. The summed E-state index contributed by atoms with van der Waals surface area (Å²) < 4.78 is 31.1. The number of sulfonamides is 1. The lowest BCUT2D eigenvalue weighted by molar-refractivity contribution is -0.0653. The van der Waals surface area contributed by atoms with Gasteiger partial charge in [-0.2, -0.15) is 4.31 Å². The first-order valence-corrected chi connectivity index (χ1v) is 8.96. The van der Waals surface area contributed by atoms with E-state index in [1.54, 1.807) is 12.3 Å². The average Bonchev–Trinajstić information content (AvgIpc) is 2.77. The van der Waals surface area contributed by atoms with Gasteiger partial charge in [0.15, 0.2) is 0 Å². The van der Waals surface area contributed by atoms with E-state index in [0.29, 0.717) is 12.0 Å². The smallest absolute Gasteiger partial charge is 0.349 e. The van der Waals surface area contributed by atoms with Crippen LogP contribution in [0.5, 0.6) is 0 Å². The summed E-state index contributed by atoms with van der Waals surface area (Å²) in [5, 5.41) is 11.8. The summed E-state index contributed by atoms with van der Waals surface area (Å²) in [6.45, 7) is 3.72. The molecule has 0 unspecified atom stereocenters. The Bertz CT molecular complexity index is 644. The molecule has 1 fully saturated rings. The van der Waals surface area contributed by atoms with E-state index >= 15 is 0 Å². The number of ether oxygens (including phenoxy) is 1. The first kappa shape index (κ1) is 16.4. The molecule has 1 aromatic heterocycles. The van der Waals surface area contributed by atoms with Gasteiger partial charge in [0.25, 0.3) is 0 Å². The van der Waals surface area contributed by atoms with Gasteiger partial charge >= 0.3 is 5.97 Å². The average molecular weight is 333 g/mol. The first-order chi connectivity index (χ1) is 9.75. The van der Waals surface area contributed by atoms with Gasteiger partial charge in [0.1, 0.15) is 9.77 Å². The number of thiophene rings is 1. The lowest BCUT2D eigenvalue weighted by Gasteiger charge is -2.45. The molecule has 118 valence electrons. The standard InChI is InChI=1S/C13H19NO5S2/c1-4-5-13(16)7-14(8-13)21(17,18)11-9(2)6-20-10(11)12(15)19-3/h6,16H,4-5,7-8H2,1-3H3. The topological polar surface area (TPSA) is 83.9 Å². The molecule has 2 heterocycles. The number of carbonyl (C=O) groups is 1. The SMILES string of the molecule is CCCC1(O)CN(S(=O)(=O)c2c(C)csc2C(=O)OC)C1. The van der Waals surface area contributed by atoms with E-state index in [-0.39, 0.29) is 22.9 Å². The van der Waals surface area contributed by atoms with E-state index in [9.17, 15) is 18.3 Å². The number of methoxy groups -OCH3 is 1. The largest absolute Gasteiger partial charge is 0.465 e. The molecule has 1 aliphatic heterocycles. The molecule has 0 amide bonds. The molecule has 0 radical (unpaired) electrons. The van der Waals surface area contributed by atoms with Crippen LogP contribution in [-0.4, -0.2) is 49.6 Å². The fourth-order valence-corrected chi connectivity index (χ4v) is 5.78. The predicted octanol–water partition coefficient (Wildman–Crippen LogP) is 1.38. The number of hydrogen-bond donors (Lipinski definition) is 1. The molecule has 6 nitrogen and oxygen atoms in total. The van der Waals surface area contributed by atoms with Crippen LogP contribution < -0.4 is 0 Å². The number of aryl methyl sites for hydroxylation is 1. The van der Waals surface area contributed by atoms with Crippen LogP contribution in [0.3, 0.4) is 0 Å². The van der Waals surface area contributed by atoms with Crippen molar-refractivity contribution in [1.29, 1.82) is 0 Å². The molecule has 2 rings (SSSR count). The summed E-state index contributed by atoms with van der Waals surface area (Å²) in [6, 6.07) is 0. The number of carbonyl (C=O) groups excluding carboxylic acids is 1. The Morgan fingerprint density at radius 1 is 1.52 bits per heavy atom. The number of esters is 1. The molecule has 8 heteroatoms. The van der Waals surface area contributed by atoms with E-state index in [1.165, 1.54) is 11.4 Å². The van der Waals surface area contributed by atoms with Crippen LogP contribution in [0, 0.1) is 6.92 Å². The minimum atomic E-state index is -3.78. The fourth-order valence-electron chi connectivity index (χ4n) is 2.52. The Kier molecular flexibility index (Phi) is 4.44. The van der Waals surface area contributed by atoms with Crippen LogP contribution in [0.4, 0.5) is 0 Å². The highest BCUT2D eigenvalue weighted by molar-refractivity contribution is 7.89. The Hall–Kier alpha value is -0.960.